The molecule has 0 unspecified atom stereocenters. The van der Waals surface area contributed by atoms with Crippen LogP contribution in [0.15, 0.2) is 60.7 Å². The monoisotopic (exact) mass is 361 g/mol. The van der Waals surface area contributed by atoms with Crippen molar-refractivity contribution in [2.75, 3.05) is 17.2 Å². The fraction of sp³-hybridized carbons (Fsp3) is 0.100. The topological polar surface area (TPSA) is 90.7 Å². The number of anilines is 2. The molecule has 134 valence electrons. The molecule has 7 heteroatoms. The fourth-order valence-electron chi connectivity index (χ4n) is 2.40. The minimum atomic E-state index is -0.398. The molecule has 3 rings (SSSR count). The van der Waals surface area contributed by atoms with E-state index in [9.17, 15) is 9.18 Å². The van der Waals surface area contributed by atoms with E-state index in [1.807, 2.05) is 6.07 Å². The lowest BCUT2D eigenvalue weighted by molar-refractivity contribution is 0.102. The maximum atomic E-state index is 13.6. The number of rotatable bonds is 6. The van der Waals surface area contributed by atoms with E-state index in [-0.39, 0.29) is 11.5 Å². The summed E-state index contributed by atoms with van der Waals surface area (Å²) in [6.45, 7) is 0.492. The van der Waals surface area contributed by atoms with Crippen LogP contribution in [0.3, 0.4) is 0 Å². The molecule has 0 aliphatic carbocycles. The second kappa shape index (κ2) is 8.54. The van der Waals surface area contributed by atoms with E-state index < -0.39 is 5.91 Å². The highest BCUT2D eigenvalue weighted by atomic mass is 19.1. The molecule has 3 aromatic rings. The Labute approximate surface area is 155 Å². The second-order valence-corrected chi connectivity index (χ2v) is 5.72. The van der Waals surface area contributed by atoms with Crippen molar-refractivity contribution < 1.29 is 9.18 Å². The lowest BCUT2D eigenvalue weighted by Gasteiger charge is -2.07. The predicted molar refractivity (Wildman–Crippen MR) is 99.7 cm³/mol. The maximum Gasteiger partial charge on any atom is 0.276 e. The molecule has 0 fully saturated rings. The minimum Gasteiger partial charge on any atom is -0.368 e. The third-order valence-electron chi connectivity index (χ3n) is 3.83. The Morgan fingerprint density at radius 2 is 1.81 bits per heavy atom. The van der Waals surface area contributed by atoms with Gasteiger partial charge in [0.05, 0.1) is 11.6 Å². The van der Waals surface area contributed by atoms with E-state index in [1.54, 1.807) is 54.6 Å². The number of hydrogen-bond donors (Lipinski definition) is 2. The molecule has 0 radical (unpaired) electrons. The first-order valence-corrected chi connectivity index (χ1v) is 8.28. The maximum absolute atomic E-state index is 13.6. The number of carbonyl (C=O) groups is 1. The molecular formula is C20H16FN5O. The number of nitriles is 1. The quantitative estimate of drug-likeness (QED) is 0.702. The predicted octanol–water partition coefficient (Wildman–Crippen LogP) is 3.39. The van der Waals surface area contributed by atoms with Crippen molar-refractivity contribution in [2.45, 2.75) is 6.42 Å². The van der Waals surface area contributed by atoms with Crippen molar-refractivity contribution in [1.82, 2.24) is 10.2 Å². The van der Waals surface area contributed by atoms with E-state index in [0.717, 1.165) is 0 Å². The SMILES string of the molecule is N#Cc1ccc(NC(=O)c2ccc(NCCc3ccccc3F)nn2)cc1. The van der Waals surface area contributed by atoms with Crippen LogP contribution in [0, 0.1) is 17.1 Å². The van der Waals surface area contributed by atoms with E-state index in [1.165, 1.54) is 6.07 Å². The molecular weight excluding hydrogens is 345 g/mol. The van der Waals surface area contributed by atoms with Crippen molar-refractivity contribution in [2.24, 2.45) is 0 Å². The van der Waals surface area contributed by atoms with Gasteiger partial charge in [0.25, 0.3) is 5.91 Å². The standard InChI is InChI=1S/C20H16FN5O/c21-17-4-2-1-3-15(17)11-12-23-19-10-9-18(25-26-19)20(27)24-16-7-5-14(13-22)6-8-16/h1-10H,11-12H2,(H,23,26)(H,24,27). The van der Waals surface area contributed by atoms with Gasteiger partial charge in [0.15, 0.2) is 5.69 Å². The van der Waals surface area contributed by atoms with Gasteiger partial charge in [-0.05, 0) is 54.4 Å². The summed E-state index contributed by atoms with van der Waals surface area (Å²) in [6.07, 6.45) is 0.509. The molecule has 1 heterocycles. The van der Waals surface area contributed by atoms with Gasteiger partial charge in [-0.1, -0.05) is 18.2 Å². The first kappa shape index (κ1) is 18.0. The Bertz CT molecular complexity index is 965. The Balaban J connectivity index is 1.54. The van der Waals surface area contributed by atoms with Crippen LogP contribution in [0.4, 0.5) is 15.9 Å². The lowest BCUT2D eigenvalue weighted by atomic mass is 10.1. The van der Waals surface area contributed by atoms with Crippen molar-refractivity contribution in [3.63, 3.8) is 0 Å². The number of benzene rings is 2. The molecule has 6 nitrogen and oxygen atoms in total. The Hall–Kier alpha value is -3.79. The van der Waals surface area contributed by atoms with Crippen LogP contribution in [0.2, 0.25) is 0 Å². The van der Waals surface area contributed by atoms with Gasteiger partial charge in [-0.25, -0.2) is 4.39 Å². The zero-order valence-electron chi connectivity index (χ0n) is 14.3. The molecule has 2 N–H and O–H groups in total. The largest absolute Gasteiger partial charge is 0.368 e. The highest BCUT2D eigenvalue weighted by Gasteiger charge is 2.09. The number of amides is 1. The van der Waals surface area contributed by atoms with Gasteiger partial charge in [0.1, 0.15) is 11.6 Å². The molecule has 0 bridgehead atoms. The van der Waals surface area contributed by atoms with Crippen molar-refractivity contribution in [3.8, 4) is 6.07 Å². The van der Waals surface area contributed by atoms with E-state index in [4.69, 9.17) is 5.26 Å². The van der Waals surface area contributed by atoms with Crippen molar-refractivity contribution in [3.05, 3.63) is 83.3 Å². The van der Waals surface area contributed by atoms with Gasteiger partial charge < -0.3 is 10.6 Å². The van der Waals surface area contributed by atoms with Crippen LogP contribution in [0.1, 0.15) is 21.6 Å². The van der Waals surface area contributed by atoms with E-state index in [2.05, 4.69) is 20.8 Å². The van der Waals surface area contributed by atoms with Crippen LogP contribution in [-0.4, -0.2) is 22.6 Å². The molecule has 0 spiro atoms. The molecule has 0 aliphatic rings. The molecule has 0 aliphatic heterocycles. The van der Waals surface area contributed by atoms with Crippen LogP contribution >= 0.6 is 0 Å². The van der Waals surface area contributed by atoms with Gasteiger partial charge in [0.2, 0.25) is 0 Å². The normalized spacial score (nSPS) is 10.1. The fourth-order valence-corrected chi connectivity index (χ4v) is 2.40. The summed E-state index contributed by atoms with van der Waals surface area (Å²) in [5.74, 6) is -0.133. The van der Waals surface area contributed by atoms with E-state index in [0.29, 0.717) is 35.6 Å². The van der Waals surface area contributed by atoms with Crippen LogP contribution in [0.5, 0.6) is 0 Å². The summed E-state index contributed by atoms with van der Waals surface area (Å²) in [5, 5.41) is 22.4. The summed E-state index contributed by atoms with van der Waals surface area (Å²) in [4.78, 5) is 12.2. The van der Waals surface area contributed by atoms with Gasteiger partial charge in [-0.3, -0.25) is 4.79 Å². The zero-order chi connectivity index (χ0) is 19.1. The van der Waals surface area contributed by atoms with Crippen LogP contribution in [-0.2, 0) is 6.42 Å². The van der Waals surface area contributed by atoms with Gasteiger partial charge >= 0.3 is 0 Å². The summed E-state index contributed by atoms with van der Waals surface area (Å²) in [5.41, 5.74) is 1.86. The molecule has 0 saturated carbocycles. The summed E-state index contributed by atoms with van der Waals surface area (Å²) in [7, 11) is 0. The Morgan fingerprint density at radius 1 is 1.04 bits per heavy atom. The number of aromatic nitrogens is 2. The average molecular weight is 361 g/mol. The number of nitrogens with one attached hydrogen (secondary N) is 2. The van der Waals surface area contributed by atoms with Gasteiger partial charge in [0, 0.05) is 12.2 Å². The van der Waals surface area contributed by atoms with Crippen LogP contribution < -0.4 is 10.6 Å². The summed E-state index contributed by atoms with van der Waals surface area (Å²) >= 11 is 0. The number of halogens is 1. The van der Waals surface area contributed by atoms with Gasteiger partial charge in [-0.2, -0.15) is 5.26 Å². The Kier molecular flexibility index (Phi) is 5.70. The number of carbonyl (C=O) groups excluding carboxylic acids is 1. The first-order chi connectivity index (χ1) is 13.2. The second-order valence-electron chi connectivity index (χ2n) is 5.72. The highest BCUT2D eigenvalue weighted by molar-refractivity contribution is 6.02. The lowest BCUT2D eigenvalue weighted by Crippen LogP contribution is -2.15. The minimum absolute atomic E-state index is 0.166. The number of hydrogen-bond acceptors (Lipinski definition) is 5. The third kappa shape index (κ3) is 4.86. The summed E-state index contributed by atoms with van der Waals surface area (Å²) < 4.78 is 13.6. The van der Waals surface area contributed by atoms with Crippen molar-refractivity contribution in [1.29, 1.82) is 5.26 Å². The average Bonchev–Trinajstić information content (AvgIpc) is 2.70. The Morgan fingerprint density at radius 3 is 2.48 bits per heavy atom. The van der Waals surface area contributed by atoms with Crippen molar-refractivity contribution >= 4 is 17.4 Å². The molecule has 1 amide bonds. The zero-order valence-corrected chi connectivity index (χ0v) is 14.3. The molecule has 27 heavy (non-hydrogen) atoms. The molecule has 2 aromatic carbocycles. The number of nitrogens with zero attached hydrogens (tertiary/aromatic N) is 3. The summed E-state index contributed by atoms with van der Waals surface area (Å²) in [6, 6.07) is 18.3. The smallest absolute Gasteiger partial charge is 0.276 e. The van der Waals surface area contributed by atoms with Crippen LogP contribution in [0.25, 0.3) is 0 Å². The molecule has 0 atom stereocenters. The molecule has 1 aromatic heterocycles. The first-order valence-electron chi connectivity index (χ1n) is 8.28. The third-order valence-corrected chi connectivity index (χ3v) is 3.83. The van der Waals surface area contributed by atoms with Gasteiger partial charge in [-0.15, -0.1) is 10.2 Å². The van der Waals surface area contributed by atoms with E-state index >= 15 is 0 Å². The molecule has 0 saturated heterocycles. The highest BCUT2D eigenvalue weighted by Crippen LogP contribution is 2.11.